The lowest BCUT2D eigenvalue weighted by atomic mass is 9.78. The number of benzene rings is 3. The van der Waals surface area contributed by atoms with E-state index in [1.54, 1.807) is 12.7 Å². The topological polar surface area (TPSA) is 25.0 Å². The highest BCUT2D eigenvalue weighted by Gasteiger charge is 2.25. The number of aromatic amines is 1. The summed E-state index contributed by atoms with van der Waals surface area (Å²) in [5, 5.41) is 6.27. The smallest absolute Gasteiger partial charge is 0.118 e. The minimum absolute atomic E-state index is 0.903. The predicted octanol–water partition coefficient (Wildman–Crippen LogP) is 7.60. The molecule has 0 bridgehead atoms. The standard InChI is InChI=1S/C27H23NOS/c1-29-18-10-8-17(9-11-18)25-19-5-2-3-6-20(19)27(24-7-4-16-30-24)26-21-14-15-28-23(21)13-12-22(25)26/h4,7-16,28H,2-3,5-6H2,1H3. The lowest BCUT2D eigenvalue weighted by Crippen LogP contribution is -2.08. The number of aromatic nitrogens is 1. The summed E-state index contributed by atoms with van der Waals surface area (Å²) < 4.78 is 5.42. The maximum absolute atomic E-state index is 5.42. The van der Waals surface area contributed by atoms with E-state index < -0.39 is 0 Å². The van der Waals surface area contributed by atoms with Crippen LogP contribution in [0.3, 0.4) is 0 Å². The molecular weight excluding hydrogens is 386 g/mol. The number of hydrogen-bond donors (Lipinski definition) is 1. The highest BCUT2D eigenvalue weighted by molar-refractivity contribution is 7.13. The number of fused-ring (bicyclic) bond motifs is 4. The van der Waals surface area contributed by atoms with Crippen LogP contribution in [0.25, 0.3) is 43.2 Å². The second-order valence-electron chi connectivity index (χ2n) is 8.05. The zero-order chi connectivity index (χ0) is 20.1. The Hall–Kier alpha value is -3.04. The number of methoxy groups -OCH3 is 1. The summed E-state index contributed by atoms with van der Waals surface area (Å²) in [5.74, 6) is 0.903. The Kier molecular flexibility index (Phi) is 4.17. The maximum Gasteiger partial charge on any atom is 0.118 e. The number of H-pyrrole nitrogens is 1. The van der Waals surface area contributed by atoms with Gasteiger partial charge < -0.3 is 9.72 Å². The Labute approximate surface area is 180 Å². The molecule has 1 N–H and O–H groups in total. The van der Waals surface area contributed by atoms with Gasteiger partial charge in [0.1, 0.15) is 5.75 Å². The predicted molar refractivity (Wildman–Crippen MR) is 128 cm³/mol. The monoisotopic (exact) mass is 409 g/mol. The quantitative estimate of drug-likeness (QED) is 0.326. The third-order valence-corrected chi connectivity index (χ3v) is 7.36. The highest BCUT2D eigenvalue weighted by atomic mass is 32.1. The van der Waals surface area contributed by atoms with Crippen molar-refractivity contribution in [2.45, 2.75) is 25.7 Å². The van der Waals surface area contributed by atoms with Gasteiger partial charge in [0.25, 0.3) is 0 Å². The van der Waals surface area contributed by atoms with E-state index in [0.717, 1.165) is 18.6 Å². The molecule has 2 nitrogen and oxygen atoms in total. The van der Waals surface area contributed by atoms with Crippen molar-refractivity contribution >= 4 is 33.0 Å². The van der Waals surface area contributed by atoms with Crippen molar-refractivity contribution in [3.05, 3.63) is 77.3 Å². The summed E-state index contributed by atoms with van der Waals surface area (Å²) in [6.45, 7) is 0. The van der Waals surface area contributed by atoms with E-state index in [-0.39, 0.29) is 0 Å². The first-order chi connectivity index (χ1) is 14.8. The van der Waals surface area contributed by atoms with Gasteiger partial charge in [-0.2, -0.15) is 0 Å². The average Bonchev–Trinajstić information content (AvgIpc) is 3.49. The third kappa shape index (κ3) is 2.62. The summed E-state index contributed by atoms with van der Waals surface area (Å²) in [7, 11) is 1.73. The first-order valence-corrected chi connectivity index (χ1v) is 11.5. The van der Waals surface area contributed by atoms with Gasteiger partial charge in [-0.05, 0) is 89.0 Å². The van der Waals surface area contributed by atoms with Gasteiger partial charge in [-0.3, -0.25) is 0 Å². The van der Waals surface area contributed by atoms with Gasteiger partial charge in [-0.25, -0.2) is 0 Å². The number of nitrogens with one attached hydrogen (secondary N) is 1. The van der Waals surface area contributed by atoms with Gasteiger partial charge in [0.15, 0.2) is 0 Å². The molecule has 3 heteroatoms. The molecule has 0 saturated carbocycles. The van der Waals surface area contributed by atoms with Crippen LogP contribution in [0.2, 0.25) is 0 Å². The fraction of sp³-hybridized carbons (Fsp3) is 0.185. The van der Waals surface area contributed by atoms with E-state index in [0.29, 0.717) is 0 Å². The number of hydrogen-bond acceptors (Lipinski definition) is 2. The molecule has 0 atom stereocenters. The molecule has 30 heavy (non-hydrogen) atoms. The lowest BCUT2D eigenvalue weighted by Gasteiger charge is -2.26. The highest BCUT2D eigenvalue weighted by Crippen LogP contribution is 2.47. The Bertz CT molecular complexity index is 1360. The summed E-state index contributed by atoms with van der Waals surface area (Å²) >= 11 is 1.85. The van der Waals surface area contributed by atoms with E-state index in [4.69, 9.17) is 4.74 Å². The van der Waals surface area contributed by atoms with E-state index in [2.05, 4.69) is 71.2 Å². The van der Waals surface area contributed by atoms with E-state index in [9.17, 15) is 0 Å². The van der Waals surface area contributed by atoms with Crippen molar-refractivity contribution in [3.8, 4) is 27.3 Å². The Balaban J connectivity index is 1.80. The third-order valence-electron chi connectivity index (χ3n) is 6.47. The average molecular weight is 410 g/mol. The molecule has 1 aliphatic carbocycles. The number of thiophene rings is 1. The van der Waals surface area contributed by atoms with Gasteiger partial charge in [0.2, 0.25) is 0 Å². The minimum Gasteiger partial charge on any atom is -0.497 e. The molecule has 0 fully saturated rings. The van der Waals surface area contributed by atoms with Crippen molar-refractivity contribution in [1.82, 2.24) is 4.98 Å². The van der Waals surface area contributed by atoms with Crippen molar-refractivity contribution in [1.29, 1.82) is 0 Å². The van der Waals surface area contributed by atoms with E-state index in [1.165, 1.54) is 61.6 Å². The van der Waals surface area contributed by atoms with Crippen LogP contribution in [0, 0.1) is 0 Å². The molecule has 0 amide bonds. The van der Waals surface area contributed by atoms with Crippen molar-refractivity contribution < 1.29 is 4.74 Å². The normalized spacial score (nSPS) is 13.6. The summed E-state index contributed by atoms with van der Waals surface area (Å²) in [6, 6.07) is 19.8. The molecule has 2 aromatic heterocycles. The molecule has 3 aromatic carbocycles. The summed E-state index contributed by atoms with van der Waals surface area (Å²) in [5.41, 5.74) is 8.44. The molecule has 5 aromatic rings. The van der Waals surface area contributed by atoms with Crippen molar-refractivity contribution in [3.63, 3.8) is 0 Å². The maximum atomic E-state index is 5.42. The molecule has 0 aliphatic heterocycles. The molecule has 0 saturated heterocycles. The fourth-order valence-corrected chi connectivity index (χ4v) is 5.97. The van der Waals surface area contributed by atoms with Crippen LogP contribution < -0.4 is 4.74 Å². The van der Waals surface area contributed by atoms with Crippen LogP contribution in [0.5, 0.6) is 5.75 Å². The molecule has 6 rings (SSSR count). The van der Waals surface area contributed by atoms with Gasteiger partial charge in [-0.1, -0.05) is 24.3 Å². The van der Waals surface area contributed by atoms with Crippen LogP contribution in [0.4, 0.5) is 0 Å². The summed E-state index contributed by atoms with van der Waals surface area (Å²) in [6.07, 6.45) is 6.90. The number of ether oxygens (including phenoxy) is 1. The molecule has 0 unspecified atom stereocenters. The van der Waals surface area contributed by atoms with Crippen molar-refractivity contribution in [2.24, 2.45) is 0 Å². The zero-order valence-electron chi connectivity index (χ0n) is 17.0. The Morgan fingerprint density at radius 2 is 1.63 bits per heavy atom. The van der Waals surface area contributed by atoms with Gasteiger partial charge in [0, 0.05) is 32.9 Å². The fourth-order valence-electron chi connectivity index (χ4n) is 5.16. The molecule has 2 heterocycles. The lowest BCUT2D eigenvalue weighted by molar-refractivity contribution is 0.415. The van der Waals surface area contributed by atoms with Gasteiger partial charge in [0.05, 0.1) is 7.11 Å². The molecule has 1 aliphatic rings. The van der Waals surface area contributed by atoms with E-state index >= 15 is 0 Å². The Morgan fingerprint density at radius 1 is 0.833 bits per heavy atom. The van der Waals surface area contributed by atoms with Gasteiger partial charge in [-0.15, -0.1) is 11.3 Å². The van der Waals surface area contributed by atoms with Crippen LogP contribution in [0.1, 0.15) is 24.0 Å². The first-order valence-electron chi connectivity index (χ1n) is 10.6. The zero-order valence-corrected chi connectivity index (χ0v) is 17.8. The van der Waals surface area contributed by atoms with E-state index in [1.807, 2.05) is 11.3 Å². The van der Waals surface area contributed by atoms with Crippen LogP contribution >= 0.6 is 11.3 Å². The van der Waals surface area contributed by atoms with Crippen LogP contribution in [0.15, 0.2) is 66.2 Å². The van der Waals surface area contributed by atoms with Crippen LogP contribution in [-0.4, -0.2) is 12.1 Å². The molecular formula is C27H23NOS. The minimum atomic E-state index is 0.903. The molecule has 0 radical (unpaired) electrons. The van der Waals surface area contributed by atoms with Gasteiger partial charge >= 0.3 is 0 Å². The number of rotatable bonds is 3. The second kappa shape index (κ2) is 7.03. The van der Waals surface area contributed by atoms with Crippen LogP contribution in [-0.2, 0) is 12.8 Å². The largest absolute Gasteiger partial charge is 0.497 e. The SMILES string of the molecule is COc1ccc(-c2c3c(c(-c4cccs4)c4c2ccc2[nH]ccc24)CCCC3)cc1. The summed E-state index contributed by atoms with van der Waals surface area (Å²) in [4.78, 5) is 4.81. The first kappa shape index (κ1) is 17.8. The Morgan fingerprint density at radius 3 is 2.37 bits per heavy atom. The second-order valence-corrected chi connectivity index (χ2v) is 8.99. The molecule has 0 spiro atoms. The molecule has 148 valence electrons. The van der Waals surface area contributed by atoms with Crippen molar-refractivity contribution in [2.75, 3.05) is 7.11 Å².